The van der Waals surface area contributed by atoms with Gasteiger partial charge in [-0.2, -0.15) is 5.26 Å². The van der Waals surface area contributed by atoms with Crippen molar-refractivity contribution in [1.29, 1.82) is 5.26 Å². The summed E-state index contributed by atoms with van der Waals surface area (Å²) in [5.74, 6) is 0. The topological polar surface area (TPSA) is 39.4 Å². The second-order valence-electron chi connectivity index (χ2n) is 3.28. The molecule has 0 aromatic heterocycles. The van der Waals surface area contributed by atoms with Crippen LogP contribution in [0.25, 0.3) is 0 Å². The Hall–Kier alpha value is -1.04. The van der Waals surface area contributed by atoms with Gasteiger partial charge in [-0.3, -0.25) is 4.99 Å². The van der Waals surface area contributed by atoms with Gasteiger partial charge in [0.05, 0.1) is 12.4 Å². The normalized spacial score (nSPS) is 11.1. The highest BCUT2D eigenvalue weighted by Crippen LogP contribution is 1.94. The fraction of sp³-hybridized carbons (Fsp3) is 0.778. The molecule has 0 saturated carbocycles. The summed E-state index contributed by atoms with van der Waals surface area (Å²) in [6.07, 6.45) is 1.76. The van der Waals surface area contributed by atoms with Crippen LogP contribution in [-0.4, -0.2) is 29.9 Å². The first-order chi connectivity index (χ1) is 5.57. The van der Waals surface area contributed by atoms with E-state index in [9.17, 15) is 0 Å². The van der Waals surface area contributed by atoms with E-state index in [0.29, 0.717) is 18.6 Å². The van der Waals surface area contributed by atoms with E-state index in [2.05, 4.69) is 11.1 Å². The third kappa shape index (κ3) is 4.73. The molecule has 0 aromatic carbocycles. The fourth-order valence-corrected chi connectivity index (χ4v) is 0.657. The lowest BCUT2D eigenvalue weighted by molar-refractivity contribution is 0.396. The van der Waals surface area contributed by atoms with Crippen molar-refractivity contribution in [3.63, 3.8) is 0 Å². The summed E-state index contributed by atoms with van der Waals surface area (Å²) in [6.45, 7) is 8.53. The van der Waals surface area contributed by atoms with Crippen molar-refractivity contribution in [3.05, 3.63) is 0 Å². The van der Waals surface area contributed by atoms with E-state index in [1.165, 1.54) is 0 Å². The summed E-state index contributed by atoms with van der Waals surface area (Å²) in [5.41, 5.74) is 0. The van der Waals surface area contributed by atoms with Crippen LogP contribution in [0.3, 0.4) is 0 Å². The van der Waals surface area contributed by atoms with Crippen LogP contribution < -0.4 is 0 Å². The average Bonchev–Trinajstić information content (AvgIpc) is 1.96. The lowest BCUT2D eigenvalue weighted by Crippen LogP contribution is -2.30. The largest absolute Gasteiger partial charge is 0.347 e. The smallest absolute Gasteiger partial charge is 0.107 e. The van der Waals surface area contributed by atoms with Crippen molar-refractivity contribution in [2.24, 2.45) is 4.99 Å². The van der Waals surface area contributed by atoms with Crippen LogP contribution in [-0.2, 0) is 0 Å². The van der Waals surface area contributed by atoms with Gasteiger partial charge in [0.2, 0.25) is 0 Å². The Morgan fingerprint density at radius 2 is 2.00 bits per heavy atom. The van der Waals surface area contributed by atoms with Gasteiger partial charge in [0.1, 0.15) is 6.54 Å². The van der Waals surface area contributed by atoms with E-state index >= 15 is 0 Å². The zero-order chi connectivity index (χ0) is 9.56. The van der Waals surface area contributed by atoms with E-state index in [-0.39, 0.29) is 0 Å². The monoisotopic (exact) mass is 167 g/mol. The molecular weight excluding hydrogens is 150 g/mol. The Morgan fingerprint density at radius 3 is 2.33 bits per heavy atom. The van der Waals surface area contributed by atoms with E-state index in [1.807, 2.05) is 32.6 Å². The van der Waals surface area contributed by atoms with Gasteiger partial charge >= 0.3 is 0 Å². The van der Waals surface area contributed by atoms with Gasteiger partial charge in [0.25, 0.3) is 0 Å². The molecule has 0 radical (unpaired) electrons. The lowest BCUT2D eigenvalue weighted by Gasteiger charge is -2.20. The van der Waals surface area contributed by atoms with Gasteiger partial charge in [-0.05, 0) is 27.7 Å². The van der Waals surface area contributed by atoms with E-state index < -0.39 is 0 Å². The fourth-order valence-electron chi connectivity index (χ4n) is 0.657. The molecule has 0 amide bonds. The zero-order valence-corrected chi connectivity index (χ0v) is 8.28. The molecule has 0 spiro atoms. The van der Waals surface area contributed by atoms with Crippen LogP contribution in [0, 0.1) is 11.3 Å². The minimum atomic E-state index is 0.296. The highest BCUT2D eigenvalue weighted by molar-refractivity contribution is 5.56. The Bertz CT molecular complexity index is 177. The molecule has 0 aromatic rings. The van der Waals surface area contributed by atoms with Gasteiger partial charge in [-0.15, -0.1) is 0 Å². The van der Waals surface area contributed by atoms with E-state index in [0.717, 1.165) is 0 Å². The Kier molecular flexibility index (Phi) is 5.11. The minimum absolute atomic E-state index is 0.296. The Morgan fingerprint density at radius 1 is 1.42 bits per heavy atom. The van der Waals surface area contributed by atoms with Gasteiger partial charge in [-0.25, -0.2) is 0 Å². The maximum Gasteiger partial charge on any atom is 0.107 e. The molecule has 0 aliphatic carbocycles. The molecule has 3 nitrogen and oxygen atoms in total. The molecule has 0 aliphatic heterocycles. The molecule has 0 fully saturated rings. The summed E-state index contributed by atoms with van der Waals surface area (Å²) < 4.78 is 0. The number of hydrogen-bond acceptors (Lipinski definition) is 2. The minimum Gasteiger partial charge on any atom is -0.347 e. The molecule has 0 aliphatic rings. The highest BCUT2D eigenvalue weighted by Gasteiger charge is 2.02. The maximum absolute atomic E-state index is 8.50. The molecule has 0 saturated heterocycles. The molecule has 0 bridgehead atoms. The number of nitriles is 1. The Labute approximate surface area is 74.7 Å². The second-order valence-corrected chi connectivity index (χ2v) is 3.28. The van der Waals surface area contributed by atoms with Gasteiger partial charge in [0, 0.05) is 12.1 Å². The predicted molar refractivity (Wildman–Crippen MR) is 51.1 cm³/mol. The first-order valence-corrected chi connectivity index (χ1v) is 4.24. The summed E-state index contributed by atoms with van der Waals surface area (Å²) >= 11 is 0. The number of rotatable bonds is 4. The molecule has 0 rings (SSSR count). The quantitative estimate of drug-likeness (QED) is 0.363. The zero-order valence-electron chi connectivity index (χ0n) is 8.28. The third-order valence-corrected chi connectivity index (χ3v) is 1.43. The van der Waals surface area contributed by atoms with Gasteiger partial charge < -0.3 is 4.90 Å². The molecule has 68 valence electrons. The summed E-state index contributed by atoms with van der Waals surface area (Å²) in [7, 11) is 0. The van der Waals surface area contributed by atoms with Crippen molar-refractivity contribution >= 4 is 6.34 Å². The van der Waals surface area contributed by atoms with Crippen molar-refractivity contribution in [1.82, 2.24) is 4.90 Å². The molecule has 12 heavy (non-hydrogen) atoms. The van der Waals surface area contributed by atoms with Gasteiger partial charge in [0.15, 0.2) is 0 Å². The molecule has 0 atom stereocenters. The van der Waals surface area contributed by atoms with E-state index in [4.69, 9.17) is 5.26 Å². The van der Waals surface area contributed by atoms with E-state index in [1.54, 1.807) is 6.34 Å². The van der Waals surface area contributed by atoms with Crippen LogP contribution in [0.5, 0.6) is 0 Å². The molecule has 0 heterocycles. The van der Waals surface area contributed by atoms with Crippen LogP contribution in [0.1, 0.15) is 27.7 Å². The SMILES string of the molecule is CC(C)N=CN(CC#N)C(C)C. The standard InChI is InChI=1S/C9H17N3/c1-8(2)11-7-12(6-5-10)9(3)4/h7-9H,6H2,1-4H3. The van der Waals surface area contributed by atoms with Gasteiger partial charge in [-0.1, -0.05) is 0 Å². The maximum atomic E-state index is 8.50. The Balaban J connectivity index is 4.05. The average molecular weight is 167 g/mol. The van der Waals surface area contributed by atoms with Crippen molar-refractivity contribution in [3.8, 4) is 6.07 Å². The van der Waals surface area contributed by atoms with Crippen LogP contribution in [0.4, 0.5) is 0 Å². The predicted octanol–water partition coefficient (Wildman–Crippen LogP) is 1.66. The number of aliphatic imine (C=N–C) groups is 1. The molecule has 0 N–H and O–H groups in total. The summed E-state index contributed by atoms with van der Waals surface area (Å²) in [4.78, 5) is 6.13. The van der Waals surface area contributed by atoms with Crippen molar-refractivity contribution < 1.29 is 0 Å². The summed E-state index contributed by atoms with van der Waals surface area (Å²) in [5, 5.41) is 8.50. The van der Waals surface area contributed by atoms with Crippen molar-refractivity contribution in [2.75, 3.05) is 6.54 Å². The molecule has 3 heteroatoms. The van der Waals surface area contributed by atoms with Crippen LogP contribution in [0.15, 0.2) is 4.99 Å². The number of hydrogen-bond donors (Lipinski definition) is 0. The van der Waals surface area contributed by atoms with Crippen molar-refractivity contribution in [2.45, 2.75) is 39.8 Å². The second kappa shape index (κ2) is 5.59. The van der Waals surface area contributed by atoms with Crippen LogP contribution >= 0.6 is 0 Å². The number of nitrogens with zero attached hydrogens (tertiary/aromatic N) is 3. The third-order valence-electron chi connectivity index (χ3n) is 1.43. The first kappa shape index (κ1) is 11.0. The first-order valence-electron chi connectivity index (χ1n) is 4.24. The lowest BCUT2D eigenvalue weighted by atomic mass is 10.3. The summed E-state index contributed by atoms with van der Waals surface area (Å²) in [6, 6.07) is 2.74. The molecular formula is C9H17N3. The highest BCUT2D eigenvalue weighted by atomic mass is 15.2. The van der Waals surface area contributed by atoms with Crippen LogP contribution in [0.2, 0.25) is 0 Å². The molecule has 0 unspecified atom stereocenters.